The molecule has 9 heteroatoms. The molecule has 140 valence electrons. The molecule has 0 aliphatic heterocycles. The minimum atomic E-state index is -0.512. The van der Waals surface area contributed by atoms with Gasteiger partial charge in [0.1, 0.15) is 11.8 Å². The van der Waals surface area contributed by atoms with Crippen molar-refractivity contribution in [1.29, 1.82) is 0 Å². The Morgan fingerprint density at radius 2 is 2.07 bits per heavy atom. The van der Waals surface area contributed by atoms with E-state index in [0.717, 1.165) is 22.7 Å². The van der Waals surface area contributed by atoms with Crippen LogP contribution in [0.2, 0.25) is 0 Å². The predicted octanol–water partition coefficient (Wildman–Crippen LogP) is 4.72. The number of ether oxygens (including phenoxy) is 1. The molecule has 0 aliphatic rings. The normalized spacial score (nSPS) is 10.8. The molecule has 2 aromatic heterocycles. The van der Waals surface area contributed by atoms with E-state index in [4.69, 9.17) is 4.74 Å². The molecule has 0 saturated carbocycles. The standard InChI is InChI=1S/C18H18BrN5O3/c1-3-4-10-23(2)17-16(24(25)26)18(22-11-21-17)27-14-8-7-13(19)12-6-5-9-20-15(12)14/h5-9,11H,3-4,10H2,1-2H3. The monoisotopic (exact) mass is 431 g/mol. The topological polar surface area (TPSA) is 94.3 Å². The highest BCUT2D eigenvalue weighted by Crippen LogP contribution is 2.38. The molecule has 2 heterocycles. The second kappa shape index (κ2) is 8.26. The Hall–Kier alpha value is -2.81. The quantitative estimate of drug-likeness (QED) is 0.394. The summed E-state index contributed by atoms with van der Waals surface area (Å²) in [5.41, 5.74) is 0.323. The summed E-state index contributed by atoms with van der Waals surface area (Å²) in [7, 11) is 1.77. The molecule has 0 spiro atoms. The summed E-state index contributed by atoms with van der Waals surface area (Å²) in [5, 5.41) is 12.6. The number of nitro groups is 1. The van der Waals surface area contributed by atoms with Crippen LogP contribution in [0.1, 0.15) is 19.8 Å². The minimum Gasteiger partial charge on any atom is -0.431 e. The van der Waals surface area contributed by atoms with Gasteiger partial charge in [-0.2, -0.15) is 4.98 Å². The number of benzene rings is 1. The Bertz CT molecular complexity index is 982. The second-order valence-corrected chi connectivity index (χ2v) is 6.78. The summed E-state index contributed by atoms with van der Waals surface area (Å²) >= 11 is 3.47. The number of halogens is 1. The maximum absolute atomic E-state index is 11.7. The van der Waals surface area contributed by atoms with Gasteiger partial charge in [-0.05, 0) is 24.6 Å². The molecule has 0 amide bonds. The van der Waals surface area contributed by atoms with Gasteiger partial charge in [-0.1, -0.05) is 35.3 Å². The second-order valence-electron chi connectivity index (χ2n) is 5.93. The SMILES string of the molecule is CCCCN(C)c1ncnc(Oc2ccc(Br)c3cccnc23)c1[N+](=O)[O-]. The lowest BCUT2D eigenvalue weighted by molar-refractivity contribution is -0.385. The van der Waals surface area contributed by atoms with Crippen molar-refractivity contribution >= 4 is 38.3 Å². The van der Waals surface area contributed by atoms with Gasteiger partial charge in [-0.15, -0.1) is 0 Å². The zero-order valence-corrected chi connectivity index (χ0v) is 16.5. The minimum absolute atomic E-state index is 0.109. The van der Waals surface area contributed by atoms with E-state index in [9.17, 15) is 10.1 Å². The zero-order valence-electron chi connectivity index (χ0n) is 14.9. The van der Waals surface area contributed by atoms with Crippen LogP contribution >= 0.6 is 15.9 Å². The molecular weight excluding hydrogens is 414 g/mol. The molecule has 0 radical (unpaired) electrons. The lowest BCUT2D eigenvalue weighted by atomic mass is 10.2. The first-order valence-electron chi connectivity index (χ1n) is 8.44. The lowest BCUT2D eigenvalue weighted by Crippen LogP contribution is -2.21. The van der Waals surface area contributed by atoms with Crippen molar-refractivity contribution in [3.63, 3.8) is 0 Å². The average Bonchev–Trinajstić information content (AvgIpc) is 2.68. The van der Waals surface area contributed by atoms with Crippen molar-refractivity contribution < 1.29 is 9.66 Å². The van der Waals surface area contributed by atoms with Crippen LogP contribution in [-0.4, -0.2) is 33.5 Å². The first-order chi connectivity index (χ1) is 13.0. The molecule has 0 saturated heterocycles. The fourth-order valence-electron chi connectivity index (χ4n) is 2.67. The highest BCUT2D eigenvalue weighted by atomic mass is 79.9. The number of pyridine rings is 1. The van der Waals surface area contributed by atoms with Gasteiger partial charge in [-0.25, -0.2) is 4.98 Å². The van der Waals surface area contributed by atoms with E-state index in [2.05, 4.69) is 37.8 Å². The Balaban J connectivity index is 2.05. The van der Waals surface area contributed by atoms with E-state index in [-0.39, 0.29) is 17.4 Å². The van der Waals surface area contributed by atoms with Gasteiger partial charge >= 0.3 is 11.6 Å². The number of hydrogen-bond acceptors (Lipinski definition) is 7. The number of unbranched alkanes of at least 4 members (excludes halogenated alkanes) is 1. The average molecular weight is 432 g/mol. The summed E-state index contributed by atoms with van der Waals surface area (Å²) in [5.74, 6) is 0.508. The molecule has 8 nitrogen and oxygen atoms in total. The molecule has 3 rings (SSSR count). The van der Waals surface area contributed by atoms with Crippen LogP contribution in [0.5, 0.6) is 11.6 Å². The summed E-state index contributed by atoms with van der Waals surface area (Å²) in [6, 6.07) is 7.20. The van der Waals surface area contributed by atoms with Gasteiger partial charge < -0.3 is 9.64 Å². The fourth-order valence-corrected chi connectivity index (χ4v) is 3.12. The third kappa shape index (κ3) is 3.97. The Kier molecular flexibility index (Phi) is 5.80. The van der Waals surface area contributed by atoms with Crippen molar-refractivity contribution in [3.8, 4) is 11.6 Å². The maximum Gasteiger partial charge on any atom is 0.373 e. The number of rotatable bonds is 7. The van der Waals surface area contributed by atoms with E-state index in [1.54, 1.807) is 30.3 Å². The predicted molar refractivity (Wildman–Crippen MR) is 106 cm³/mol. The van der Waals surface area contributed by atoms with E-state index in [0.29, 0.717) is 17.8 Å². The number of hydrogen-bond donors (Lipinski definition) is 0. The van der Waals surface area contributed by atoms with E-state index < -0.39 is 4.92 Å². The van der Waals surface area contributed by atoms with Crippen LogP contribution < -0.4 is 9.64 Å². The van der Waals surface area contributed by atoms with E-state index >= 15 is 0 Å². The zero-order chi connectivity index (χ0) is 19.4. The van der Waals surface area contributed by atoms with Crippen LogP contribution in [0.25, 0.3) is 10.9 Å². The smallest absolute Gasteiger partial charge is 0.373 e. The van der Waals surface area contributed by atoms with E-state index in [1.807, 2.05) is 12.1 Å². The van der Waals surface area contributed by atoms with Crippen LogP contribution in [-0.2, 0) is 0 Å². The highest BCUT2D eigenvalue weighted by Gasteiger charge is 2.27. The molecule has 0 bridgehead atoms. The van der Waals surface area contributed by atoms with Crippen molar-refractivity contribution in [2.45, 2.75) is 19.8 Å². The number of anilines is 1. The lowest BCUT2D eigenvalue weighted by Gasteiger charge is -2.18. The Morgan fingerprint density at radius 1 is 1.26 bits per heavy atom. The molecule has 0 atom stereocenters. The van der Waals surface area contributed by atoms with Crippen LogP contribution in [0.4, 0.5) is 11.5 Å². The summed E-state index contributed by atoms with van der Waals surface area (Å²) in [4.78, 5) is 25.4. The number of nitrogens with zero attached hydrogens (tertiary/aromatic N) is 5. The third-order valence-corrected chi connectivity index (χ3v) is 4.74. The molecule has 0 N–H and O–H groups in total. The van der Waals surface area contributed by atoms with Crippen LogP contribution in [0, 0.1) is 10.1 Å². The maximum atomic E-state index is 11.7. The van der Waals surface area contributed by atoms with Gasteiger partial charge in [-0.3, -0.25) is 15.1 Å². The molecule has 27 heavy (non-hydrogen) atoms. The molecule has 0 fully saturated rings. The van der Waals surface area contributed by atoms with Gasteiger partial charge in [0, 0.05) is 29.6 Å². The van der Waals surface area contributed by atoms with Crippen LogP contribution in [0.3, 0.4) is 0 Å². The first-order valence-corrected chi connectivity index (χ1v) is 9.23. The largest absolute Gasteiger partial charge is 0.431 e. The Labute approximate surface area is 164 Å². The van der Waals surface area contributed by atoms with Gasteiger partial charge in [0.15, 0.2) is 5.75 Å². The summed E-state index contributed by atoms with van der Waals surface area (Å²) < 4.78 is 6.69. The summed E-state index contributed by atoms with van der Waals surface area (Å²) in [6.07, 6.45) is 4.78. The molecule has 0 unspecified atom stereocenters. The summed E-state index contributed by atoms with van der Waals surface area (Å²) in [6.45, 7) is 2.71. The molecule has 0 aliphatic carbocycles. The molecule has 3 aromatic rings. The molecule has 1 aromatic carbocycles. The molecular formula is C18H18BrN5O3. The third-order valence-electron chi connectivity index (χ3n) is 4.05. The van der Waals surface area contributed by atoms with Crippen molar-refractivity contribution in [1.82, 2.24) is 15.0 Å². The van der Waals surface area contributed by atoms with E-state index in [1.165, 1.54) is 6.33 Å². The first kappa shape index (κ1) is 19.0. The van der Waals surface area contributed by atoms with Crippen LogP contribution in [0.15, 0.2) is 41.3 Å². The van der Waals surface area contributed by atoms with Crippen molar-refractivity contribution in [2.24, 2.45) is 0 Å². The fraction of sp³-hybridized carbons (Fsp3) is 0.278. The van der Waals surface area contributed by atoms with Crippen molar-refractivity contribution in [3.05, 3.63) is 51.4 Å². The van der Waals surface area contributed by atoms with Crippen molar-refractivity contribution in [2.75, 3.05) is 18.5 Å². The van der Waals surface area contributed by atoms with Gasteiger partial charge in [0.25, 0.3) is 0 Å². The Morgan fingerprint density at radius 3 is 2.81 bits per heavy atom. The van der Waals surface area contributed by atoms with Gasteiger partial charge in [0.05, 0.1) is 4.92 Å². The number of fused-ring (bicyclic) bond motifs is 1. The van der Waals surface area contributed by atoms with Gasteiger partial charge in [0.2, 0.25) is 5.82 Å². The number of aromatic nitrogens is 3. The highest BCUT2D eigenvalue weighted by molar-refractivity contribution is 9.10.